The summed E-state index contributed by atoms with van der Waals surface area (Å²) in [6, 6.07) is 17.8. The van der Waals surface area contributed by atoms with E-state index in [0.717, 1.165) is 5.56 Å². The molecule has 0 bridgehead atoms. The number of rotatable bonds is 4. The summed E-state index contributed by atoms with van der Waals surface area (Å²) in [6.07, 6.45) is 0. The van der Waals surface area contributed by atoms with Crippen molar-refractivity contribution in [1.29, 1.82) is 0 Å². The lowest BCUT2D eigenvalue weighted by molar-refractivity contribution is 0.0525. The Bertz CT molecular complexity index is 546. The molecule has 2 rings (SSSR count). The van der Waals surface area contributed by atoms with Crippen LogP contribution in [-0.2, 0) is 4.74 Å². The van der Waals surface area contributed by atoms with Crippen LogP contribution in [0.25, 0.3) is 0 Å². The zero-order valence-electron chi connectivity index (χ0n) is 11.3. The molecule has 2 heteroatoms. The van der Waals surface area contributed by atoms with Gasteiger partial charge in [0, 0.05) is 5.92 Å². The SMILES string of the molecule is CCOC(=O)c1ccccc1[C@@H](C)c1ccccc1. The quantitative estimate of drug-likeness (QED) is 0.770. The third-order valence-corrected chi connectivity index (χ3v) is 3.22. The molecule has 0 saturated carbocycles. The number of benzene rings is 2. The maximum absolute atomic E-state index is 12.0. The van der Waals surface area contributed by atoms with Crippen LogP contribution in [0.5, 0.6) is 0 Å². The summed E-state index contributed by atoms with van der Waals surface area (Å²) in [6.45, 7) is 4.32. The van der Waals surface area contributed by atoms with Gasteiger partial charge in [0.25, 0.3) is 0 Å². The van der Waals surface area contributed by atoms with Gasteiger partial charge in [-0.25, -0.2) is 4.79 Å². The summed E-state index contributed by atoms with van der Waals surface area (Å²) in [4.78, 5) is 12.0. The van der Waals surface area contributed by atoms with Crippen molar-refractivity contribution in [1.82, 2.24) is 0 Å². The summed E-state index contributed by atoms with van der Waals surface area (Å²) in [5.74, 6) is -0.0808. The summed E-state index contributed by atoms with van der Waals surface area (Å²) < 4.78 is 5.12. The molecule has 0 aromatic heterocycles. The molecule has 98 valence electrons. The highest BCUT2D eigenvalue weighted by Gasteiger charge is 2.17. The van der Waals surface area contributed by atoms with Gasteiger partial charge in [0.2, 0.25) is 0 Å². The molecule has 0 aliphatic rings. The van der Waals surface area contributed by atoms with E-state index in [1.54, 1.807) is 0 Å². The first-order valence-electron chi connectivity index (χ1n) is 6.55. The van der Waals surface area contributed by atoms with E-state index in [2.05, 4.69) is 19.1 Å². The minimum atomic E-state index is -0.249. The first-order valence-corrected chi connectivity index (χ1v) is 6.55. The molecule has 0 aliphatic carbocycles. The maximum Gasteiger partial charge on any atom is 0.338 e. The van der Waals surface area contributed by atoms with Crippen molar-refractivity contribution >= 4 is 5.97 Å². The molecule has 0 spiro atoms. The predicted molar refractivity (Wildman–Crippen MR) is 76.4 cm³/mol. The van der Waals surface area contributed by atoms with Gasteiger partial charge in [-0.05, 0) is 24.1 Å². The van der Waals surface area contributed by atoms with E-state index in [4.69, 9.17) is 4.74 Å². The number of hydrogen-bond donors (Lipinski definition) is 0. The van der Waals surface area contributed by atoms with E-state index in [1.807, 2.05) is 49.4 Å². The minimum Gasteiger partial charge on any atom is -0.462 e. The average molecular weight is 254 g/mol. The van der Waals surface area contributed by atoms with E-state index in [-0.39, 0.29) is 11.9 Å². The summed E-state index contributed by atoms with van der Waals surface area (Å²) >= 11 is 0. The lowest BCUT2D eigenvalue weighted by atomic mass is 9.90. The first kappa shape index (κ1) is 13.3. The molecule has 0 N–H and O–H groups in total. The fourth-order valence-electron chi connectivity index (χ4n) is 2.19. The van der Waals surface area contributed by atoms with E-state index in [9.17, 15) is 4.79 Å². The average Bonchev–Trinajstić information content (AvgIpc) is 2.47. The predicted octanol–water partition coefficient (Wildman–Crippen LogP) is 4.02. The van der Waals surface area contributed by atoms with Crippen molar-refractivity contribution in [2.24, 2.45) is 0 Å². The van der Waals surface area contributed by atoms with Crippen LogP contribution in [0.4, 0.5) is 0 Å². The molecular formula is C17H18O2. The Morgan fingerprint density at radius 3 is 2.37 bits per heavy atom. The van der Waals surface area contributed by atoms with E-state index < -0.39 is 0 Å². The van der Waals surface area contributed by atoms with E-state index in [1.165, 1.54) is 5.56 Å². The smallest absolute Gasteiger partial charge is 0.338 e. The summed E-state index contributed by atoms with van der Waals surface area (Å²) in [7, 11) is 0. The number of esters is 1. The highest BCUT2D eigenvalue weighted by atomic mass is 16.5. The lowest BCUT2D eigenvalue weighted by Crippen LogP contribution is -2.10. The Morgan fingerprint density at radius 1 is 1.05 bits per heavy atom. The number of carbonyl (C=O) groups is 1. The number of ether oxygens (including phenoxy) is 1. The maximum atomic E-state index is 12.0. The van der Waals surface area contributed by atoms with Crippen molar-refractivity contribution < 1.29 is 9.53 Å². The largest absolute Gasteiger partial charge is 0.462 e. The highest BCUT2D eigenvalue weighted by molar-refractivity contribution is 5.91. The van der Waals surface area contributed by atoms with Crippen molar-refractivity contribution in [3.05, 3.63) is 71.3 Å². The van der Waals surface area contributed by atoms with Crippen molar-refractivity contribution in [3.63, 3.8) is 0 Å². The Hall–Kier alpha value is -2.09. The molecule has 0 heterocycles. The molecule has 0 fully saturated rings. The number of carbonyl (C=O) groups excluding carboxylic acids is 1. The van der Waals surface area contributed by atoms with Crippen LogP contribution < -0.4 is 0 Å². The van der Waals surface area contributed by atoms with Gasteiger partial charge in [-0.15, -0.1) is 0 Å². The van der Waals surface area contributed by atoms with Crippen molar-refractivity contribution in [2.45, 2.75) is 19.8 Å². The molecular weight excluding hydrogens is 236 g/mol. The van der Waals surface area contributed by atoms with Crippen LogP contribution in [0.1, 0.15) is 41.3 Å². The van der Waals surface area contributed by atoms with Gasteiger partial charge in [0.05, 0.1) is 12.2 Å². The molecule has 1 atom stereocenters. The van der Waals surface area contributed by atoms with Crippen LogP contribution >= 0.6 is 0 Å². The third-order valence-electron chi connectivity index (χ3n) is 3.22. The molecule has 0 unspecified atom stereocenters. The van der Waals surface area contributed by atoms with Gasteiger partial charge >= 0.3 is 5.97 Å². The fraction of sp³-hybridized carbons (Fsp3) is 0.235. The molecule has 2 aromatic rings. The normalized spacial score (nSPS) is 11.9. The molecule has 2 aromatic carbocycles. The summed E-state index contributed by atoms with van der Waals surface area (Å²) in [5.41, 5.74) is 2.85. The van der Waals surface area contributed by atoms with Gasteiger partial charge in [0.15, 0.2) is 0 Å². The topological polar surface area (TPSA) is 26.3 Å². The van der Waals surface area contributed by atoms with Crippen LogP contribution in [0, 0.1) is 0 Å². The highest BCUT2D eigenvalue weighted by Crippen LogP contribution is 2.27. The van der Waals surface area contributed by atoms with Crippen molar-refractivity contribution in [2.75, 3.05) is 6.61 Å². The fourth-order valence-corrected chi connectivity index (χ4v) is 2.19. The Labute approximate surface area is 114 Å². The first-order chi connectivity index (χ1) is 9.24. The van der Waals surface area contributed by atoms with Crippen LogP contribution in [-0.4, -0.2) is 12.6 Å². The Balaban J connectivity index is 2.37. The second-order valence-electron chi connectivity index (χ2n) is 4.44. The zero-order valence-corrected chi connectivity index (χ0v) is 11.3. The zero-order chi connectivity index (χ0) is 13.7. The second kappa shape index (κ2) is 6.19. The van der Waals surface area contributed by atoms with Crippen LogP contribution in [0.15, 0.2) is 54.6 Å². The molecule has 0 saturated heterocycles. The molecule has 0 radical (unpaired) electrons. The van der Waals surface area contributed by atoms with E-state index in [0.29, 0.717) is 12.2 Å². The molecule has 19 heavy (non-hydrogen) atoms. The van der Waals surface area contributed by atoms with Crippen LogP contribution in [0.3, 0.4) is 0 Å². The Morgan fingerprint density at radius 2 is 1.68 bits per heavy atom. The van der Waals surface area contributed by atoms with Gasteiger partial charge < -0.3 is 4.74 Å². The van der Waals surface area contributed by atoms with Crippen molar-refractivity contribution in [3.8, 4) is 0 Å². The second-order valence-corrected chi connectivity index (χ2v) is 4.44. The standard InChI is InChI=1S/C17H18O2/c1-3-19-17(18)16-12-8-7-11-15(16)13(2)14-9-5-4-6-10-14/h4-13H,3H2,1-2H3/t13-/m0/s1. The third kappa shape index (κ3) is 3.02. The number of hydrogen-bond acceptors (Lipinski definition) is 2. The lowest BCUT2D eigenvalue weighted by Gasteiger charge is -2.16. The van der Waals surface area contributed by atoms with Crippen LogP contribution in [0.2, 0.25) is 0 Å². The molecule has 2 nitrogen and oxygen atoms in total. The molecule has 0 amide bonds. The van der Waals surface area contributed by atoms with Gasteiger partial charge in [-0.1, -0.05) is 55.5 Å². The molecule has 0 aliphatic heterocycles. The van der Waals surface area contributed by atoms with E-state index >= 15 is 0 Å². The van der Waals surface area contributed by atoms with Gasteiger partial charge in [-0.2, -0.15) is 0 Å². The Kier molecular flexibility index (Phi) is 4.35. The van der Waals surface area contributed by atoms with Gasteiger partial charge in [-0.3, -0.25) is 0 Å². The monoisotopic (exact) mass is 254 g/mol. The van der Waals surface area contributed by atoms with Gasteiger partial charge in [0.1, 0.15) is 0 Å². The summed E-state index contributed by atoms with van der Waals surface area (Å²) in [5, 5.41) is 0. The minimum absolute atomic E-state index is 0.168.